The molecule has 0 bridgehead atoms. The normalized spacial score (nSPS) is 13.5. The molecule has 0 amide bonds. The van der Waals surface area contributed by atoms with Crippen molar-refractivity contribution in [2.45, 2.75) is 20.8 Å². The van der Waals surface area contributed by atoms with Crippen molar-refractivity contribution in [2.24, 2.45) is 0 Å². The molecule has 0 atom stereocenters. The minimum atomic E-state index is -4.38. The summed E-state index contributed by atoms with van der Waals surface area (Å²) in [6, 6.07) is 0. The molecule has 0 aromatic carbocycles. The second-order valence-electron chi connectivity index (χ2n) is 3.29. The first-order valence-corrected chi connectivity index (χ1v) is 10.5. The first-order chi connectivity index (χ1) is 9.60. The standard InChI is InChI=1S/C8H19O10PS2/c1-4-14-19(9,15-7-20(10,11)17-5-2)16-8-21(12,13)18-6-3/h4-8H2,1-3H3. The zero-order chi connectivity index (χ0) is 16.6. The molecule has 0 spiro atoms. The molecule has 0 saturated carbocycles. The third kappa shape index (κ3) is 9.53. The van der Waals surface area contributed by atoms with Gasteiger partial charge in [-0.1, -0.05) is 0 Å². The molecule has 0 aliphatic rings. The smallest absolute Gasteiger partial charge is 0.287 e. The van der Waals surface area contributed by atoms with Crippen molar-refractivity contribution in [1.82, 2.24) is 0 Å². The third-order valence-corrected chi connectivity index (χ3v) is 5.41. The van der Waals surface area contributed by atoms with Crippen molar-refractivity contribution >= 4 is 28.1 Å². The highest BCUT2D eigenvalue weighted by Gasteiger charge is 2.31. The van der Waals surface area contributed by atoms with Crippen LogP contribution in [-0.2, 0) is 46.7 Å². The average Bonchev–Trinajstić information content (AvgIpc) is 2.35. The molecule has 10 nitrogen and oxygen atoms in total. The van der Waals surface area contributed by atoms with Crippen LogP contribution in [0, 0.1) is 0 Å². The van der Waals surface area contributed by atoms with E-state index in [-0.39, 0.29) is 19.8 Å². The number of phosphoric ester groups is 1. The van der Waals surface area contributed by atoms with E-state index in [4.69, 9.17) is 0 Å². The summed E-state index contributed by atoms with van der Waals surface area (Å²) in [4.78, 5) is 0. The number of rotatable bonds is 12. The Balaban J connectivity index is 4.74. The third-order valence-electron chi connectivity index (χ3n) is 1.59. The molecule has 0 aromatic rings. The predicted molar refractivity (Wildman–Crippen MR) is 72.2 cm³/mol. The fourth-order valence-electron chi connectivity index (χ4n) is 0.955. The summed E-state index contributed by atoms with van der Waals surface area (Å²) >= 11 is 0. The van der Waals surface area contributed by atoms with Gasteiger partial charge in [-0.3, -0.25) is 21.9 Å². The van der Waals surface area contributed by atoms with E-state index in [1.54, 1.807) is 0 Å². The molecule has 0 fully saturated rings. The summed E-state index contributed by atoms with van der Waals surface area (Å²) in [5, 5.41) is 0. The number of phosphoric acid groups is 1. The molecule has 21 heavy (non-hydrogen) atoms. The van der Waals surface area contributed by atoms with Gasteiger partial charge in [0.15, 0.2) is 11.9 Å². The van der Waals surface area contributed by atoms with Crippen molar-refractivity contribution in [3.05, 3.63) is 0 Å². The Morgan fingerprint density at radius 2 is 1.10 bits per heavy atom. The Hall–Kier alpha value is -0.0700. The monoisotopic (exact) mass is 370 g/mol. The van der Waals surface area contributed by atoms with Gasteiger partial charge in [0.05, 0.1) is 19.8 Å². The summed E-state index contributed by atoms with van der Waals surface area (Å²) in [5.41, 5.74) is 0. The van der Waals surface area contributed by atoms with Crippen molar-refractivity contribution in [3.8, 4) is 0 Å². The van der Waals surface area contributed by atoms with Gasteiger partial charge in [0.2, 0.25) is 0 Å². The van der Waals surface area contributed by atoms with E-state index in [2.05, 4.69) is 21.9 Å². The summed E-state index contributed by atoms with van der Waals surface area (Å²) < 4.78 is 79.5. The minimum absolute atomic E-state index is 0.135. The fourth-order valence-corrected chi connectivity index (χ4v) is 4.42. The van der Waals surface area contributed by atoms with Gasteiger partial charge in [-0.25, -0.2) is 4.57 Å². The Kier molecular flexibility index (Phi) is 9.12. The molecule has 0 aliphatic carbocycles. The molecule has 0 N–H and O–H groups in total. The van der Waals surface area contributed by atoms with Gasteiger partial charge in [-0.2, -0.15) is 16.8 Å². The van der Waals surface area contributed by atoms with E-state index in [1.807, 2.05) is 0 Å². The van der Waals surface area contributed by atoms with Crippen LogP contribution in [0.3, 0.4) is 0 Å². The number of hydrogen-bond donors (Lipinski definition) is 0. The molecule has 0 aromatic heterocycles. The van der Waals surface area contributed by atoms with E-state index < -0.39 is 39.9 Å². The maximum atomic E-state index is 12.0. The first kappa shape index (κ1) is 20.9. The van der Waals surface area contributed by atoms with Crippen molar-refractivity contribution in [3.63, 3.8) is 0 Å². The van der Waals surface area contributed by atoms with Crippen molar-refractivity contribution in [1.29, 1.82) is 0 Å². The zero-order valence-corrected chi connectivity index (χ0v) is 14.4. The van der Waals surface area contributed by atoms with Crippen LogP contribution in [0.15, 0.2) is 0 Å². The molecule has 0 heterocycles. The molecule has 0 unspecified atom stereocenters. The Labute approximate surface area is 124 Å². The molecule has 128 valence electrons. The molecule has 0 radical (unpaired) electrons. The lowest BCUT2D eigenvalue weighted by Crippen LogP contribution is -2.16. The molecular weight excluding hydrogens is 351 g/mol. The van der Waals surface area contributed by atoms with E-state index in [0.717, 1.165) is 0 Å². The molecule has 0 saturated heterocycles. The first-order valence-electron chi connectivity index (χ1n) is 5.87. The van der Waals surface area contributed by atoms with Crippen molar-refractivity contribution in [2.75, 3.05) is 31.7 Å². The quantitative estimate of drug-likeness (QED) is 0.359. The summed E-state index contributed by atoms with van der Waals surface area (Å²) in [7, 11) is -12.5. The van der Waals surface area contributed by atoms with Crippen LogP contribution in [0.25, 0.3) is 0 Å². The second-order valence-corrected chi connectivity index (χ2v) is 8.13. The maximum absolute atomic E-state index is 12.0. The van der Waals surface area contributed by atoms with E-state index in [9.17, 15) is 21.4 Å². The highest BCUT2D eigenvalue weighted by Crippen LogP contribution is 2.49. The van der Waals surface area contributed by atoms with Crippen LogP contribution in [0.4, 0.5) is 0 Å². The Morgan fingerprint density at radius 3 is 1.38 bits per heavy atom. The van der Waals surface area contributed by atoms with Crippen molar-refractivity contribution < 1.29 is 43.3 Å². The molecule has 0 aliphatic heterocycles. The lowest BCUT2D eigenvalue weighted by atomic mass is 10.9. The lowest BCUT2D eigenvalue weighted by Gasteiger charge is -2.16. The van der Waals surface area contributed by atoms with Crippen LogP contribution >= 0.6 is 7.82 Å². The van der Waals surface area contributed by atoms with E-state index >= 15 is 0 Å². The van der Waals surface area contributed by atoms with Crippen LogP contribution in [-0.4, -0.2) is 48.5 Å². The van der Waals surface area contributed by atoms with Gasteiger partial charge in [-0.15, -0.1) is 0 Å². The highest BCUT2D eigenvalue weighted by molar-refractivity contribution is 7.87. The minimum Gasteiger partial charge on any atom is -0.287 e. The summed E-state index contributed by atoms with van der Waals surface area (Å²) in [6.07, 6.45) is 0. The van der Waals surface area contributed by atoms with E-state index in [0.29, 0.717) is 0 Å². The van der Waals surface area contributed by atoms with Gasteiger partial charge in [0, 0.05) is 0 Å². The summed E-state index contributed by atoms with van der Waals surface area (Å²) in [6.45, 7) is 3.89. The molecule has 0 rings (SSSR count). The largest absolute Gasteiger partial charge is 0.476 e. The van der Waals surface area contributed by atoms with Gasteiger partial charge >= 0.3 is 7.82 Å². The Morgan fingerprint density at radius 1 is 0.714 bits per heavy atom. The van der Waals surface area contributed by atoms with Gasteiger partial charge in [-0.05, 0) is 20.8 Å². The SMILES string of the molecule is CCOP(=O)(OCS(=O)(=O)OCC)OCS(=O)(=O)OCC. The second kappa shape index (κ2) is 9.16. The fraction of sp³-hybridized carbons (Fsp3) is 1.00. The van der Waals surface area contributed by atoms with E-state index in [1.165, 1.54) is 20.8 Å². The molecule has 13 heteroatoms. The van der Waals surface area contributed by atoms with Crippen LogP contribution in [0.2, 0.25) is 0 Å². The lowest BCUT2D eigenvalue weighted by molar-refractivity contribution is 0.138. The van der Waals surface area contributed by atoms with Crippen LogP contribution in [0.1, 0.15) is 20.8 Å². The maximum Gasteiger partial charge on any atom is 0.476 e. The zero-order valence-electron chi connectivity index (χ0n) is 11.9. The number of hydrogen-bond acceptors (Lipinski definition) is 10. The van der Waals surface area contributed by atoms with Crippen LogP contribution < -0.4 is 0 Å². The van der Waals surface area contributed by atoms with Gasteiger partial charge in [0.25, 0.3) is 20.2 Å². The van der Waals surface area contributed by atoms with Gasteiger partial charge in [0.1, 0.15) is 0 Å². The highest BCUT2D eigenvalue weighted by atomic mass is 32.2. The average molecular weight is 370 g/mol. The predicted octanol–water partition coefficient (Wildman–Crippen LogP) is 0.812. The van der Waals surface area contributed by atoms with Gasteiger partial charge < -0.3 is 0 Å². The summed E-state index contributed by atoms with van der Waals surface area (Å²) in [5.74, 6) is -2.21. The van der Waals surface area contributed by atoms with Crippen LogP contribution in [0.5, 0.6) is 0 Å². The Bertz CT molecular complexity index is 495. The molecular formula is C8H19O10PS2. The topological polar surface area (TPSA) is 132 Å².